The quantitative estimate of drug-likeness (QED) is 0.269. The predicted octanol–water partition coefficient (Wildman–Crippen LogP) is 6.78. The highest BCUT2D eigenvalue weighted by Crippen LogP contribution is 2.32. The van der Waals surface area contributed by atoms with E-state index in [2.05, 4.69) is 31.4 Å². The first-order valence-corrected chi connectivity index (χ1v) is 12.1. The van der Waals surface area contributed by atoms with Gasteiger partial charge in [-0.3, -0.25) is 9.36 Å². The highest BCUT2D eigenvalue weighted by molar-refractivity contribution is 9.10. The average molecular weight is 528 g/mol. The molecule has 1 heterocycles. The SMILES string of the molecule is Cc1ccc(Cl)cc1NC(=O)CCSc1nnc(-c2ccccc2Br)n1-c1ccccc1. The number of hydrogen-bond donors (Lipinski definition) is 1. The number of aromatic nitrogens is 3. The predicted molar refractivity (Wildman–Crippen MR) is 135 cm³/mol. The van der Waals surface area contributed by atoms with Crippen molar-refractivity contribution in [2.24, 2.45) is 0 Å². The summed E-state index contributed by atoms with van der Waals surface area (Å²) in [7, 11) is 0. The zero-order chi connectivity index (χ0) is 22.5. The molecule has 4 aromatic rings. The maximum atomic E-state index is 12.5. The van der Waals surface area contributed by atoms with Crippen molar-refractivity contribution in [1.29, 1.82) is 0 Å². The summed E-state index contributed by atoms with van der Waals surface area (Å²) in [4.78, 5) is 12.5. The van der Waals surface area contributed by atoms with Crippen LogP contribution in [0.4, 0.5) is 5.69 Å². The summed E-state index contributed by atoms with van der Waals surface area (Å²) in [5.74, 6) is 1.23. The molecule has 0 atom stereocenters. The van der Waals surface area contributed by atoms with Crippen molar-refractivity contribution in [1.82, 2.24) is 14.8 Å². The topological polar surface area (TPSA) is 59.8 Å². The van der Waals surface area contributed by atoms with Crippen molar-refractivity contribution in [3.05, 3.63) is 87.9 Å². The van der Waals surface area contributed by atoms with Gasteiger partial charge in [-0.25, -0.2) is 0 Å². The molecule has 0 unspecified atom stereocenters. The molecule has 0 radical (unpaired) electrons. The molecule has 0 saturated carbocycles. The van der Waals surface area contributed by atoms with Gasteiger partial charge in [-0.1, -0.05) is 81.8 Å². The maximum Gasteiger partial charge on any atom is 0.225 e. The molecule has 0 aliphatic rings. The van der Waals surface area contributed by atoms with E-state index in [0.717, 1.165) is 38.0 Å². The molecular formula is C24H20BrClN4OS. The molecule has 0 saturated heterocycles. The maximum absolute atomic E-state index is 12.5. The second kappa shape index (κ2) is 10.3. The Hall–Kier alpha value is -2.61. The number of aryl methyl sites for hydroxylation is 1. The van der Waals surface area contributed by atoms with E-state index < -0.39 is 0 Å². The van der Waals surface area contributed by atoms with Crippen molar-refractivity contribution >= 4 is 50.9 Å². The Morgan fingerprint density at radius 3 is 2.59 bits per heavy atom. The highest BCUT2D eigenvalue weighted by Gasteiger charge is 2.18. The Kier molecular flexibility index (Phi) is 7.29. The number of halogens is 2. The average Bonchev–Trinajstić information content (AvgIpc) is 3.21. The molecule has 3 aromatic carbocycles. The number of amides is 1. The van der Waals surface area contributed by atoms with E-state index in [9.17, 15) is 4.79 Å². The monoisotopic (exact) mass is 526 g/mol. The van der Waals surface area contributed by atoms with Crippen LogP contribution in [0.1, 0.15) is 12.0 Å². The standard InChI is InChI=1S/C24H20BrClN4OS/c1-16-11-12-17(26)15-21(16)27-22(31)13-14-32-24-29-28-23(19-9-5-6-10-20(19)25)30(24)18-7-3-2-4-8-18/h2-12,15H,13-14H2,1H3,(H,27,31). The number of thioether (sulfide) groups is 1. The zero-order valence-electron chi connectivity index (χ0n) is 17.3. The van der Waals surface area contributed by atoms with E-state index in [4.69, 9.17) is 11.6 Å². The molecule has 8 heteroatoms. The minimum absolute atomic E-state index is 0.0697. The second-order valence-electron chi connectivity index (χ2n) is 7.06. The van der Waals surface area contributed by atoms with Crippen molar-refractivity contribution in [2.45, 2.75) is 18.5 Å². The summed E-state index contributed by atoms with van der Waals surface area (Å²) in [5, 5.41) is 13.1. The van der Waals surface area contributed by atoms with Gasteiger partial charge < -0.3 is 5.32 Å². The number of carbonyl (C=O) groups is 1. The van der Waals surface area contributed by atoms with Crippen molar-refractivity contribution in [3.8, 4) is 17.1 Å². The molecule has 5 nitrogen and oxygen atoms in total. The number of carbonyl (C=O) groups excluding carboxylic acids is 1. The summed E-state index contributed by atoms with van der Waals surface area (Å²) < 4.78 is 2.96. The first-order chi connectivity index (χ1) is 15.5. The van der Waals surface area contributed by atoms with Crippen LogP contribution in [0.5, 0.6) is 0 Å². The summed E-state index contributed by atoms with van der Waals surface area (Å²) in [6.07, 6.45) is 0.336. The molecule has 1 N–H and O–H groups in total. The highest BCUT2D eigenvalue weighted by atomic mass is 79.9. The molecule has 162 valence electrons. The Morgan fingerprint density at radius 1 is 1.06 bits per heavy atom. The lowest BCUT2D eigenvalue weighted by Crippen LogP contribution is -2.13. The van der Waals surface area contributed by atoms with Gasteiger partial charge in [0.15, 0.2) is 11.0 Å². The van der Waals surface area contributed by atoms with E-state index >= 15 is 0 Å². The number of hydrogen-bond acceptors (Lipinski definition) is 4. The van der Waals surface area contributed by atoms with Crippen LogP contribution in [0.25, 0.3) is 17.1 Å². The Morgan fingerprint density at radius 2 is 1.81 bits per heavy atom. The number of nitrogens with zero attached hydrogens (tertiary/aromatic N) is 3. The van der Waals surface area contributed by atoms with Gasteiger partial charge in [-0.05, 0) is 42.8 Å². The van der Waals surface area contributed by atoms with Crippen LogP contribution >= 0.6 is 39.3 Å². The van der Waals surface area contributed by atoms with Crippen molar-refractivity contribution < 1.29 is 4.79 Å². The van der Waals surface area contributed by atoms with Gasteiger partial charge in [0.2, 0.25) is 5.91 Å². The van der Waals surface area contributed by atoms with Gasteiger partial charge in [-0.2, -0.15) is 0 Å². The summed E-state index contributed by atoms with van der Waals surface area (Å²) in [5.41, 5.74) is 3.61. The Bertz CT molecular complexity index is 1250. The number of anilines is 1. The van der Waals surface area contributed by atoms with Gasteiger partial charge >= 0.3 is 0 Å². The van der Waals surface area contributed by atoms with E-state index in [0.29, 0.717) is 17.2 Å². The van der Waals surface area contributed by atoms with E-state index in [1.54, 1.807) is 6.07 Å². The van der Waals surface area contributed by atoms with Crippen LogP contribution in [-0.4, -0.2) is 26.4 Å². The van der Waals surface area contributed by atoms with Crippen LogP contribution in [0.3, 0.4) is 0 Å². The lowest BCUT2D eigenvalue weighted by Gasteiger charge is -2.11. The summed E-state index contributed by atoms with van der Waals surface area (Å²) in [6.45, 7) is 1.94. The molecule has 0 bridgehead atoms. The molecular weight excluding hydrogens is 508 g/mol. The van der Waals surface area contributed by atoms with Gasteiger partial charge in [0.1, 0.15) is 0 Å². The van der Waals surface area contributed by atoms with Crippen LogP contribution in [0, 0.1) is 6.92 Å². The molecule has 4 rings (SSSR count). The minimum atomic E-state index is -0.0697. The molecule has 0 aliphatic carbocycles. The Balaban J connectivity index is 1.52. The van der Waals surface area contributed by atoms with Crippen molar-refractivity contribution in [2.75, 3.05) is 11.1 Å². The van der Waals surface area contributed by atoms with E-state index in [1.807, 2.05) is 78.2 Å². The third kappa shape index (κ3) is 5.23. The van der Waals surface area contributed by atoms with Crippen LogP contribution in [0.15, 0.2) is 82.4 Å². The molecule has 1 aromatic heterocycles. The van der Waals surface area contributed by atoms with Gasteiger partial charge in [0.25, 0.3) is 0 Å². The second-order valence-corrected chi connectivity index (χ2v) is 9.42. The van der Waals surface area contributed by atoms with E-state index in [-0.39, 0.29) is 5.91 Å². The van der Waals surface area contributed by atoms with Crippen molar-refractivity contribution in [3.63, 3.8) is 0 Å². The lowest BCUT2D eigenvalue weighted by atomic mass is 10.2. The van der Waals surface area contributed by atoms with Crippen LogP contribution < -0.4 is 5.32 Å². The molecule has 32 heavy (non-hydrogen) atoms. The lowest BCUT2D eigenvalue weighted by molar-refractivity contribution is -0.115. The zero-order valence-corrected chi connectivity index (χ0v) is 20.4. The molecule has 0 fully saturated rings. The first-order valence-electron chi connectivity index (χ1n) is 9.97. The fourth-order valence-electron chi connectivity index (χ4n) is 3.17. The molecule has 0 aliphatic heterocycles. The summed E-state index contributed by atoms with van der Waals surface area (Å²) >= 11 is 11.2. The normalized spacial score (nSPS) is 10.8. The third-order valence-corrected chi connectivity index (χ3v) is 6.65. The molecule has 0 spiro atoms. The van der Waals surface area contributed by atoms with Crippen LogP contribution in [0.2, 0.25) is 5.02 Å². The number of nitrogens with one attached hydrogen (secondary N) is 1. The summed E-state index contributed by atoms with van der Waals surface area (Å²) in [6, 6.07) is 23.3. The van der Waals surface area contributed by atoms with Gasteiger partial charge in [0.05, 0.1) is 0 Å². The van der Waals surface area contributed by atoms with Gasteiger partial charge in [-0.15, -0.1) is 10.2 Å². The first kappa shape index (κ1) is 22.6. The van der Waals surface area contributed by atoms with E-state index in [1.165, 1.54) is 11.8 Å². The number of benzene rings is 3. The molecule has 1 amide bonds. The fraction of sp³-hybridized carbons (Fsp3) is 0.125. The number of rotatable bonds is 7. The van der Waals surface area contributed by atoms with Gasteiger partial charge in [0, 0.05) is 38.6 Å². The Labute approximate surface area is 204 Å². The third-order valence-electron chi connectivity index (χ3n) is 4.80. The minimum Gasteiger partial charge on any atom is -0.326 e. The largest absolute Gasteiger partial charge is 0.326 e. The number of para-hydroxylation sites is 1. The smallest absolute Gasteiger partial charge is 0.225 e. The fourth-order valence-corrected chi connectivity index (χ4v) is 4.69. The van der Waals surface area contributed by atoms with Crippen LogP contribution in [-0.2, 0) is 4.79 Å².